The number of carbonyl (C=O) groups is 1. The molecular formula is C13H15FeNO2. The van der Waals surface area contributed by atoms with Crippen LogP contribution < -0.4 is 5.32 Å². The van der Waals surface area contributed by atoms with Crippen molar-refractivity contribution < 1.29 is 27.0 Å². The molecule has 2 rings (SSSR count). The molecule has 2 fully saturated rings. The molecule has 0 unspecified atom stereocenters. The summed E-state index contributed by atoms with van der Waals surface area (Å²) >= 11 is 0. The molecule has 2 saturated carbocycles. The quantitative estimate of drug-likeness (QED) is 0.736. The molecule has 0 aliphatic heterocycles. The average Bonchev–Trinajstić information content (AvgIpc) is 2.98. The number of carbonyl (C=O) groups excluding carboxylic acids is 1. The van der Waals surface area contributed by atoms with E-state index in [1.54, 1.807) is 25.7 Å². The molecule has 2 aliphatic rings. The van der Waals surface area contributed by atoms with Crippen LogP contribution in [0.1, 0.15) is 0 Å². The molecule has 10 radical (unpaired) electrons. The van der Waals surface area contributed by atoms with E-state index < -0.39 is 0 Å². The molecule has 92 valence electrons. The Morgan fingerprint density at radius 2 is 1.47 bits per heavy atom. The zero-order chi connectivity index (χ0) is 11.6. The van der Waals surface area contributed by atoms with Gasteiger partial charge in [-0.25, -0.2) is 0 Å². The second-order valence-corrected chi connectivity index (χ2v) is 3.12. The molecule has 2 N–H and O–H groups in total. The molecule has 0 aromatic heterocycles. The van der Waals surface area contributed by atoms with Crippen molar-refractivity contribution in [2.45, 2.75) is 0 Å². The summed E-state index contributed by atoms with van der Waals surface area (Å²) in [5.41, 5.74) is 0. The normalized spacial score (nSPS) is 19.1. The minimum Gasteiger partial charge on any atom is -0.395 e. The Labute approximate surface area is 115 Å². The van der Waals surface area contributed by atoms with Crippen molar-refractivity contribution in [3.63, 3.8) is 0 Å². The van der Waals surface area contributed by atoms with Gasteiger partial charge in [-0.2, -0.15) is 0 Å². The van der Waals surface area contributed by atoms with E-state index in [-0.39, 0.29) is 29.6 Å². The van der Waals surface area contributed by atoms with Crippen LogP contribution in [0.3, 0.4) is 0 Å². The van der Waals surface area contributed by atoms with E-state index in [9.17, 15) is 4.79 Å². The van der Waals surface area contributed by atoms with Gasteiger partial charge in [0.1, 0.15) is 0 Å². The van der Waals surface area contributed by atoms with Crippen molar-refractivity contribution in [2.24, 2.45) is 0 Å². The van der Waals surface area contributed by atoms with E-state index in [1.165, 1.54) is 0 Å². The maximum Gasteiger partial charge on any atom is 0.228 e. The first-order valence-corrected chi connectivity index (χ1v) is 5.12. The van der Waals surface area contributed by atoms with Crippen LogP contribution >= 0.6 is 0 Å². The Morgan fingerprint density at radius 1 is 1.00 bits per heavy atom. The molecule has 1 amide bonds. The van der Waals surface area contributed by atoms with Crippen LogP contribution in [-0.2, 0) is 21.9 Å². The van der Waals surface area contributed by atoms with E-state index in [0.717, 1.165) is 0 Å². The topological polar surface area (TPSA) is 49.3 Å². The molecule has 0 spiro atoms. The molecule has 0 aromatic carbocycles. The van der Waals surface area contributed by atoms with Gasteiger partial charge in [0.05, 0.1) is 12.5 Å². The molecule has 17 heavy (non-hydrogen) atoms. The van der Waals surface area contributed by atoms with Crippen LogP contribution in [0, 0.1) is 63.7 Å². The van der Waals surface area contributed by atoms with Gasteiger partial charge in [0.2, 0.25) is 5.91 Å². The monoisotopic (exact) mass is 273 g/mol. The van der Waals surface area contributed by atoms with E-state index in [2.05, 4.69) is 5.32 Å². The van der Waals surface area contributed by atoms with Crippen molar-refractivity contribution in [2.75, 3.05) is 13.2 Å². The Hall–Kier alpha value is -0.0505. The van der Waals surface area contributed by atoms with Crippen molar-refractivity contribution in [3.8, 4) is 0 Å². The van der Waals surface area contributed by atoms with Crippen LogP contribution in [0.5, 0.6) is 0 Å². The molecule has 4 heteroatoms. The zero-order valence-corrected chi connectivity index (χ0v) is 10.4. The Kier molecular flexibility index (Phi) is 11.0. The van der Waals surface area contributed by atoms with Crippen LogP contribution in [0.2, 0.25) is 0 Å². The first-order valence-electron chi connectivity index (χ1n) is 5.12. The summed E-state index contributed by atoms with van der Waals surface area (Å²) in [5.74, 6) is 0.502. The van der Waals surface area contributed by atoms with Crippen molar-refractivity contribution >= 4 is 5.91 Å². The third kappa shape index (κ3) is 7.80. The SMILES string of the molecule is O=C(NCCO)[C]1[CH][CH][CH][CH]1.[CH]1[CH][CH][CH][CH]1.[Fe]. The molecule has 0 saturated heterocycles. The predicted octanol–water partition coefficient (Wildman–Crippen LogP) is 0.519. The molecule has 2 aliphatic carbocycles. The Balaban J connectivity index is 0.000000360. The van der Waals surface area contributed by atoms with Crippen LogP contribution in [0.4, 0.5) is 0 Å². The summed E-state index contributed by atoms with van der Waals surface area (Å²) in [6.07, 6.45) is 17.1. The van der Waals surface area contributed by atoms with Crippen molar-refractivity contribution in [1.29, 1.82) is 0 Å². The third-order valence-corrected chi connectivity index (χ3v) is 1.88. The Bertz CT molecular complexity index is 182. The minimum atomic E-state index is -0.135. The molecule has 0 heterocycles. The van der Waals surface area contributed by atoms with Gasteiger partial charge in [0.15, 0.2) is 0 Å². The Morgan fingerprint density at radius 3 is 1.88 bits per heavy atom. The zero-order valence-electron chi connectivity index (χ0n) is 9.32. The smallest absolute Gasteiger partial charge is 0.228 e. The van der Waals surface area contributed by atoms with Gasteiger partial charge in [0, 0.05) is 23.6 Å². The van der Waals surface area contributed by atoms with E-state index >= 15 is 0 Å². The van der Waals surface area contributed by atoms with Crippen LogP contribution in [-0.4, -0.2) is 24.2 Å². The minimum absolute atomic E-state index is 0. The summed E-state index contributed by atoms with van der Waals surface area (Å²) in [6.45, 7) is 0.288. The summed E-state index contributed by atoms with van der Waals surface area (Å²) in [6, 6.07) is 0. The van der Waals surface area contributed by atoms with E-state index in [1.807, 2.05) is 32.1 Å². The average molecular weight is 273 g/mol. The molecule has 3 nitrogen and oxygen atoms in total. The first-order chi connectivity index (χ1) is 7.84. The first kappa shape index (κ1) is 16.9. The van der Waals surface area contributed by atoms with Gasteiger partial charge in [-0.1, -0.05) is 0 Å². The summed E-state index contributed by atoms with van der Waals surface area (Å²) in [4.78, 5) is 11.0. The fraction of sp³-hybridized carbons (Fsp3) is 0.154. The van der Waals surface area contributed by atoms with Crippen molar-refractivity contribution in [3.05, 3.63) is 63.7 Å². The largest absolute Gasteiger partial charge is 0.395 e. The van der Waals surface area contributed by atoms with Gasteiger partial charge in [-0.05, 0) is 57.8 Å². The van der Waals surface area contributed by atoms with Crippen LogP contribution in [0.15, 0.2) is 0 Å². The fourth-order valence-corrected chi connectivity index (χ4v) is 1.12. The number of aliphatic hydroxyl groups is 1. The number of hydrogen-bond donors (Lipinski definition) is 2. The van der Waals surface area contributed by atoms with Crippen LogP contribution in [0.25, 0.3) is 0 Å². The molecular weight excluding hydrogens is 258 g/mol. The second-order valence-electron chi connectivity index (χ2n) is 3.12. The summed E-state index contributed by atoms with van der Waals surface area (Å²) in [5, 5.41) is 10.9. The summed E-state index contributed by atoms with van der Waals surface area (Å²) in [7, 11) is 0. The second kappa shape index (κ2) is 11.1. The molecule has 0 atom stereocenters. The fourth-order valence-electron chi connectivity index (χ4n) is 1.12. The number of nitrogens with one attached hydrogen (secondary N) is 1. The standard InChI is InChI=1S/C8H10NO2.C5H5.Fe/c10-6-5-9-8(11)7-3-1-2-4-7;1-2-4-5-3-1;/h1-4,10H,5-6H2,(H,9,11);1-5H;. The van der Waals surface area contributed by atoms with Gasteiger partial charge in [0.25, 0.3) is 0 Å². The van der Waals surface area contributed by atoms with Crippen molar-refractivity contribution in [1.82, 2.24) is 5.32 Å². The van der Waals surface area contributed by atoms with E-state index in [0.29, 0.717) is 12.5 Å². The molecule has 0 bridgehead atoms. The van der Waals surface area contributed by atoms with Gasteiger partial charge >= 0.3 is 0 Å². The number of hydrogen-bond acceptors (Lipinski definition) is 2. The maximum absolute atomic E-state index is 11.0. The van der Waals surface area contributed by atoms with Gasteiger partial charge in [-0.15, -0.1) is 0 Å². The predicted molar refractivity (Wildman–Crippen MR) is 62.0 cm³/mol. The number of aliphatic hydroxyl groups excluding tert-OH is 1. The number of rotatable bonds is 3. The summed E-state index contributed by atoms with van der Waals surface area (Å²) < 4.78 is 0. The maximum atomic E-state index is 11.0. The van der Waals surface area contributed by atoms with Gasteiger partial charge < -0.3 is 10.4 Å². The van der Waals surface area contributed by atoms with E-state index in [4.69, 9.17) is 5.11 Å². The van der Waals surface area contributed by atoms with Gasteiger partial charge in [-0.3, -0.25) is 4.79 Å². The number of amides is 1. The third-order valence-electron chi connectivity index (χ3n) is 1.88. The molecule has 0 aromatic rings.